The summed E-state index contributed by atoms with van der Waals surface area (Å²) in [6, 6.07) is 10.4. The number of carbonyl (C=O) groups excluding carboxylic acids is 2. The molecule has 3 aliphatic rings. The van der Waals surface area contributed by atoms with Gasteiger partial charge in [0.25, 0.3) is 0 Å². The Labute approximate surface area is 223 Å². The van der Waals surface area contributed by atoms with Crippen LogP contribution in [0.1, 0.15) is 32.7 Å². The Morgan fingerprint density at radius 3 is 2.46 bits per heavy atom. The molecule has 1 saturated carbocycles. The lowest BCUT2D eigenvalue weighted by atomic mass is 9.95. The summed E-state index contributed by atoms with van der Waals surface area (Å²) in [4.78, 5) is 32.3. The summed E-state index contributed by atoms with van der Waals surface area (Å²) >= 11 is 0. The topological polar surface area (TPSA) is 126 Å². The van der Waals surface area contributed by atoms with Crippen LogP contribution in [0.25, 0.3) is 11.1 Å². The van der Waals surface area contributed by atoms with Crippen molar-refractivity contribution in [3.63, 3.8) is 0 Å². The minimum atomic E-state index is -0.767. The fraction of sp³-hybridized carbons (Fsp3) is 0.407. The minimum Gasteiger partial charge on any atom is -0.444 e. The van der Waals surface area contributed by atoms with E-state index in [0.717, 1.165) is 0 Å². The van der Waals surface area contributed by atoms with Crippen molar-refractivity contribution in [3.05, 3.63) is 60.7 Å². The Hall–Kier alpha value is -4.53. The first-order chi connectivity index (χ1) is 18.6. The second kappa shape index (κ2) is 8.76. The van der Waals surface area contributed by atoms with Gasteiger partial charge in [-0.05, 0) is 45.0 Å². The molecule has 4 heterocycles. The molecule has 0 bridgehead atoms. The van der Waals surface area contributed by atoms with E-state index in [9.17, 15) is 14.9 Å². The van der Waals surface area contributed by atoms with Crippen LogP contribution in [0.4, 0.5) is 19.7 Å². The molecule has 0 N–H and O–H groups in total. The van der Waals surface area contributed by atoms with E-state index in [1.165, 1.54) is 23.6 Å². The first-order valence-corrected chi connectivity index (χ1v) is 12.6. The molecule has 3 fully saturated rings. The number of hydrogen-bond donors (Lipinski definition) is 0. The number of likely N-dealkylation sites (tertiary alicyclic amines) is 1. The standard InChI is InChI=1S/C27H26FN7O4/c1-26(2,3)39-24(36)33-10-19-20(11-33)27(19,13-29)22-7-4-16(9-30-22)18-6-5-17(8-21(18)28)35-12-23(38-25(35)37)34-14-31-32-15-34/h4-9,14-15,19-20,23H,10-12H2,1-3H3/t19-,20+,23?,27+. The molecule has 12 heteroatoms. The number of benzene rings is 1. The molecule has 2 saturated heterocycles. The van der Waals surface area contributed by atoms with Gasteiger partial charge >= 0.3 is 12.2 Å². The molecule has 1 aromatic carbocycles. The summed E-state index contributed by atoms with van der Waals surface area (Å²) in [5.74, 6) is -0.563. The molecular formula is C27H26FN7O4. The Bertz CT molecular complexity index is 1470. The molecule has 6 rings (SSSR count). The number of pyridine rings is 1. The molecule has 200 valence electrons. The van der Waals surface area contributed by atoms with E-state index in [1.54, 1.807) is 39.9 Å². The second-order valence-corrected chi connectivity index (χ2v) is 11.0. The highest BCUT2D eigenvalue weighted by atomic mass is 19.1. The van der Waals surface area contributed by atoms with Crippen molar-refractivity contribution >= 4 is 17.9 Å². The van der Waals surface area contributed by atoms with Gasteiger partial charge in [-0.1, -0.05) is 6.07 Å². The predicted molar refractivity (Wildman–Crippen MR) is 135 cm³/mol. The number of fused-ring (bicyclic) bond motifs is 1. The van der Waals surface area contributed by atoms with Gasteiger partial charge in [-0.15, -0.1) is 10.2 Å². The third-order valence-electron chi connectivity index (χ3n) is 7.54. The average molecular weight is 532 g/mol. The normalized spacial score (nSPS) is 25.7. The number of nitriles is 1. The monoisotopic (exact) mass is 531 g/mol. The van der Waals surface area contributed by atoms with Crippen LogP contribution in [0, 0.1) is 29.0 Å². The highest BCUT2D eigenvalue weighted by Crippen LogP contribution is 2.62. The summed E-state index contributed by atoms with van der Waals surface area (Å²) in [7, 11) is 0. The number of anilines is 1. The van der Waals surface area contributed by atoms with Gasteiger partial charge in [0.05, 0.1) is 24.0 Å². The molecule has 1 aliphatic carbocycles. The number of piperidine rings is 1. The number of carbonyl (C=O) groups is 2. The summed E-state index contributed by atoms with van der Waals surface area (Å²) in [5, 5.41) is 17.5. The van der Waals surface area contributed by atoms with Gasteiger partial charge in [-0.2, -0.15) is 5.26 Å². The second-order valence-electron chi connectivity index (χ2n) is 11.0. The summed E-state index contributed by atoms with van der Waals surface area (Å²) < 4.78 is 27.6. The van der Waals surface area contributed by atoms with Crippen molar-refractivity contribution in [2.24, 2.45) is 11.8 Å². The first kappa shape index (κ1) is 24.8. The van der Waals surface area contributed by atoms with E-state index in [1.807, 2.05) is 20.8 Å². The van der Waals surface area contributed by atoms with E-state index in [2.05, 4.69) is 21.3 Å². The number of ether oxygens (including phenoxy) is 2. The fourth-order valence-corrected chi connectivity index (χ4v) is 5.58. The van der Waals surface area contributed by atoms with Gasteiger partial charge in [-0.3, -0.25) is 14.5 Å². The van der Waals surface area contributed by atoms with Crippen LogP contribution in [0.5, 0.6) is 0 Å². The summed E-state index contributed by atoms with van der Waals surface area (Å²) in [6.45, 7) is 6.52. The van der Waals surface area contributed by atoms with Crippen LogP contribution >= 0.6 is 0 Å². The molecule has 1 unspecified atom stereocenters. The highest BCUT2D eigenvalue weighted by molar-refractivity contribution is 5.90. The van der Waals surface area contributed by atoms with E-state index in [-0.39, 0.29) is 24.5 Å². The van der Waals surface area contributed by atoms with Gasteiger partial charge in [0.15, 0.2) is 0 Å². The van der Waals surface area contributed by atoms with Gasteiger partial charge in [0.1, 0.15) is 29.5 Å². The van der Waals surface area contributed by atoms with Gasteiger partial charge in [0, 0.05) is 42.2 Å². The number of rotatable bonds is 4. The third kappa shape index (κ3) is 4.14. The maximum absolute atomic E-state index is 15.2. The largest absolute Gasteiger partial charge is 0.444 e. The van der Waals surface area contributed by atoms with Crippen LogP contribution in [0.3, 0.4) is 0 Å². The van der Waals surface area contributed by atoms with Crippen LogP contribution in [0.15, 0.2) is 49.2 Å². The SMILES string of the molecule is CC(C)(C)OC(=O)N1C[C@@H]2[C@H](C1)[C@@]2(C#N)c1ccc(-c2ccc(N3CC(n4cnnc4)OC3=O)cc2F)cn1. The molecule has 39 heavy (non-hydrogen) atoms. The van der Waals surface area contributed by atoms with Crippen molar-refractivity contribution in [1.82, 2.24) is 24.6 Å². The average Bonchev–Trinajstić information content (AvgIpc) is 3.42. The molecule has 2 aliphatic heterocycles. The smallest absolute Gasteiger partial charge is 0.416 e. The summed E-state index contributed by atoms with van der Waals surface area (Å²) in [6.07, 6.45) is 2.89. The van der Waals surface area contributed by atoms with Crippen LogP contribution in [0.2, 0.25) is 0 Å². The number of nitrogens with zero attached hydrogens (tertiary/aromatic N) is 7. The quantitative estimate of drug-likeness (QED) is 0.496. The number of cyclic esters (lactones) is 1. The van der Waals surface area contributed by atoms with Gasteiger partial charge in [-0.25, -0.2) is 14.0 Å². The molecule has 4 atom stereocenters. The maximum Gasteiger partial charge on any atom is 0.416 e. The number of hydrogen-bond acceptors (Lipinski definition) is 8. The van der Waals surface area contributed by atoms with Crippen molar-refractivity contribution in [2.75, 3.05) is 24.5 Å². The lowest BCUT2D eigenvalue weighted by Crippen LogP contribution is -2.39. The van der Waals surface area contributed by atoms with E-state index in [0.29, 0.717) is 35.6 Å². The highest BCUT2D eigenvalue weighted by Gasteiger charge is 2.71. The Balaban J connectivity index is 1.15. The van der Waals surface area contributed by atoms with Crippen LogP contribution in [-0.2, 0) is 14.9 Å². The Morgan fingerprint density at radius 2 is 1.87 bits per heavy atom. The predicted octanol–water partition coefficient (Wildman–Crippen LogP) is 3.89. The number of halogens is 1. The third-order valence-corrected chi connectivity index (χ3v) is 7.54. The van der Waals surface area contributed by atoms with Crippen molar-refractivity contribution in [2.45, 2.75) is 38.0 Å². The molecular weight excluding hydrogens is 505 g/mol. The zero-order valence-electron chi connectivity index (χ0n) is 21.6. The minimum absolute atomic E-state index is 0.0217. The first-order valence-electron chi connectivity index (χ1n) is 12.6. The molecule has 0 spiro atoms. The van der Waals surface area contributed by atoms with Crippen molar-refractivity contribution in [1.29, 1.82) is 5.26 Å². The molecule has 3 aromatic rings. The number of amides is 2. The van der Waals surface area contributed by atoms with Gasteiger partial charge in [0.2, 0.25) is 6.23 Å². The zero-order chi connectivity index (χ0) is 27.5. The lowest BCUT2D eigenvalue weighted by molar-refractivity contribution is 0.0265. The van der Waals surface area contributed by atoms with Gasteiger partial charge < -0.3 is 14.4 Å². The Morgan fingerprint density at radius 1 is 1.15 bits per heavy atom. The van der Waals surface area contributed by atoms with E-state index in [4.69, 9.17) is 9.47 Å². The van der Waals surface area contributed by atoms with E-state index < -0.39 is 29.2 Å². The zero-order valence-corrected chi connectivity index (χ0v) is 21.6. The molecule has 11 nitrogen and oxygen atoms in total. The maximum atomic E-state index is 15.2. The summed E-state index contributed by atoms with van der Waals surface area (Å²) in [5.41, 5.74) is 0.494. The van der Waals surface area contributed by atoms with E-state index >= 15 is 4.39 Å². The molecule has 2 amide bonds. The van der Waals surface area contributed by atoms with Crippen molar-refractivity contribution in [3.8, 4) is 17.2 Å². The lowest BCUT2D eigenvalue weighted by Gasteiger charge is -2.27. The molecule has 0 radical (unpaired) electrons. The number of aromatic nitrogens is 4. The fourth-order valence-electron chi connectivity index (χ4n) is 5.58. The molecule has 2 aromatic heterocycles. The Kier molecular flexibility index (Phi) is 5.57. The van der Waals surface area contributed by atoms with Crippen LogP contribution < -0.4 is 4.90 Å². The van der Waals surface area contributed by atoms with Crippen molar-refractivity contribution < 1.29 is 23.5 Å². The van der Waals surface area contributed by atoms with Crippen LogP contribution in [-0.4, -0.2) is 62.1 Å².